The highest BCUT2D eigenvalue weighted by atomic mass is 35.5. The molecule has 0 aliphatic carbocycles. The fraction of sp³-hybridized carbons (Fsp3) is 0.300. The average molecular weight is 229 g/mol. The van der Waals surface area contributed by atoms with E-state index in [0.29, 0.717) is 5.17 Å². The minimum absolute atomic E-state index is 0.641. The zero-order chi connectivity index (χ0) is 10.4. The lowest BCUT2D eigenvalue weighted by atomic mass is 10.2. The van der Waals surface area contributed by atoms with Gasteiger partial charge in [0.15, 0.2) is 5.17 Å². The summed E-state index contributed by atoms with van der Waals surface area (Å²) in [5, 5.41) is 1.40. The van der Waals surface area contributed by atoms with Gasteiger partial charge in [0.2, 0.25) is 0 Å². The summed E-state index contributed by atoms with van der Waals surface area (Å²) in [6.07, 6.45) is 0. The standard InChI is InChI=1S/C10H13ClN2S/c1-2-13-10(12)14-7-8-3-5-9(11)6-4-8/h3-6H,2,7H2,1H3,(H2,12,13). The second-order valence-electron chi connectivity index (χ2n) is 2.73. The molecule has 1 aromatic rings. The van der Waals surface area contributed by atoms with Crippen molar-refractivity contribution in [1.82, 2.24) is 0 Å². The molecule has 0 atom stereocenters. The fourth-order valence-electron chi connectivity index (χ4n) is 0.939. The second-order valence-corrected chi connectivity index (χ2v) is 4.16. The average Bonchev–Trinajstić information content (AvgIpc) is 2.17. The van der Waals surface area contributed by atoms with E-state index in [1.165, 1.54) is 5.56 Å². The Morgan fingerprint density at radius 3 is 2.64 bits per heavy atom. The molecule has 4 heteroatoms. The summed E-state index contributed by atoms with van der Waals surface area (Å²) in [5.74, 6) is 0.840. The highest BCUT2D eigenvalue weighted by Crippen LogP contribution is 2.15. The van der Waals surface area contributed by atoms with Crippen LogP contribution in [0.4, 0.5) is 0 Å². The van der Waals surface area contributed by atoms with Gasteiger partial charge in [-0.3, -0.25) is 4.99 Å². The van der Waals surface area contributed by atoms with E-state index >= 15 is 0 Å². The first-order valence-electron chi connectivity index (χ1n) is 4.39. The summed E-state index contributed by atoms with van der Waals surface area (Å²) in [6.45, 7) is 2.70. The van der Waals surface area contributed by atoms with Gasteiger partial charge in [0.1, 0.15) is 0 Å². The van der Waals surface area contributed by atoms with Crippen molar-refractivity contribution in [3.63, 3.8) is 0 Å². The maximum absolute atomic E-state index is 5.77. The Hall–Kier alpha value is -0.670. The van der Waals surface area contributed by atoms with Crippen LogP contribution in [-0.4, -0.2) is 11.7 Å². The van der Waals surface area contributed by atoms with Gasteiger partial charge in [0.05, 0.1) is 0 Å². The van der Waals surface area contributed by atoms with Gasteiger partial charge >= 0.3 is 0 Å². The monoisotopic (exact) mass is 228 g/mol. The van der Waals surface area contributed by atoms with Crippen LogP contribution >= 0.6 is 23.4 Å². The predicted octanol–water partition coefficient (Wildman–Crippen LogP) is 2.91. The van der Waals surface area contributed by atoms with Gasteiger partial charge in [-0.15, -0.1) is 0 Å². The lowest BCUT2D eigenvalue weighted by Crippen LogP contribution is -2.07. The number of amidine groups is 1. The molecule has 0 fully saturated rings. The molecule has 0 amide bonds. The van der Waals surface area contributed by atoms with Gasteiger partial charge in [-0.25, -0.2) is 0 Å². The van der Waals surface area contributed by atoms with Gasteiger partial charge in [-0.05, 0) is 24.6 Å². The van der Waals surface area contributed by atoms with Crippen LogP contribution in [0.2, 0.25) is 5.02 Å². The smallest absolute Gasteiger partial charge is 0.154 e. The number of halogens is 1. The van der Waals surface area contributed by atoms with E-state index in [-0.39, 0.29) is 0 Å². The summed E-state index contributed by atoms with van der Waals surface area (Å²) < 4.78 is 0. The van der Waals surface area contributed by atoms with E-state index in [1.807, 2.05) is 31.2 Å². The second kappa shape index (κ2) is 5.94. The van der Waals surface area contributed by atoms with Crippen molar-refractivity contribution in [2.45, 2.75) is 12.7 Å². The minimum atomic E-state index is 0.641. The quantitative estimate of drug-likeness (QED) is 0.638. The van der Waals surface area contributed by atoms with Crippen LogP contribution in [0.15, 0.2) is 29.3 Å². The molecule has 2 N–H and O–H groups in total. The van der Waals surface area contributed by atoms with Crippen molar-refractivity contribution in [3.05, 3.63) is 34.9 Å². The number of benzene rings is 1. The maximum atomic E-state index is 5.77. The highest BCUT2D eigenvalue weighted by molar-refractivity contribution is 8.13. The highest BCUT2D eigenvalue weighted by Gasteiger charge is 1.96. The Kier molecular flexibility index (Phi) is 4.84. The Labute approximate surface area is 93.6 Å². The minimum Gasteiger partial charge on any atom is -0.379 e. The van der Waals surface area contributed by atoms with Gasteiger partial charge in [-0.1, -0.05) is 35.5 Å². The molecule has 0 spiro atoms. The van der Waals surface area contributed by atoms with E-state index < -0.39 is 0 Å². The number of hydrogen-bond donors (Lipinski definition) is 1. The van der Waals surface area contributed by atoms with E-state index in [4.69, 9.17) is 17.3 Å². The van der Waals surface area contributed by atoms with Crippen LogP contribution in [0.25, 0.3) is 0 Å². The zero-order valence-electron chi connectivity index (χ0n) is 8.03. The molecule has 14 heavy (non-hydrogen) atoms. The molecule has 0 heterocycles. The van der Waals surface area contributed by atoms with Crippen LogP contribution in [0.1, 0.15) is 12.5 Å². The van der Waals surface area contributed by atoms with Crippen molar-refractivity contribution in [2.24, 2.45) is 10.7 Å². The molecule has 0 bridgehead atoms. The molecule has 0 radical (unpaired) electrons. The molecule has 1 rings (SSSR count). The van der Waals surface area contributed by atoms with E-state index in [1.54, 1.807) is 11.8 Å². The molecule has 0 aliphatic heterocycles. The lowest BCUT2D eigenvalue weighted by molar-refractivity contribution is 1.13. The third-order valence-corrected chi connectivity index (χ3v) is 2.77. The van der Waals surface area contributed by atoms with Crippen LogP contribution in [0, 0.1) is 0 Å². The summed E-state index contributed by atoms with van der Waals surface area (Å²) in [7, 11) is 0. The van der Waals surface area contributed by atoms with E-state index in [0.717, 1.165) is 17.3 Å². The molecule has 0 unspecified atom stereocenters. The molecule has 1 aromatic carbocycles. The molecule has 0 aliphatic rings. The number of aliphatic imine (C=N–C) groups is 1. The topological polar surface area (TPSA) is 38.4 Å². The summed E-state index contributed by atoms with van der Waals surface area (Å²) in [5.41, 5.74) is 6.85. The van der Waals surface area contributed by atoms with Crippen LogP contribution in [-0.2, 0) is 5.75 Å². The van der Waals surface area contributed by atoms with Crippen molar-refractivity contribution >= 4 is 28.5 Å². The van der Waals surface area contributed by atoms with Crippen molar-refractivity contribution in [3.8, 4) is 0 Å². The molecule has 0 saturated carbocycles. The lowest BCUT2D eigenvalue weighted by Gasteiger charge is -2.00. The number of thioether (sulfide) groups is 1. The Bertz CT molecular complexity index is 308. The van der Waals surface area contributed by atoms with Gasteiger partial charge in [0.25, 0.3) is 0 Å². The number of hydrogen-bond acceptors (Lipinski definition) is 2. The van der Waals surface area contributed by atoms with Gasteiger partial charge in [0, 0.05) is 17.3 Å². The van der Waals surface area contributed by atoms with E-state index in [2.05, 4.69) is 4.99 Å². The summed E-state index contributed by atoms with van der Waals surface area (Å²) in [4.78, 5) is 4.09. The van der Waals surface area contributed by atoms with Crippen LogP contribution < -0.4 is 5.73 Å². The normalized spacial score (nSPS) is 11.7. The van der Waals surface area contributed by atoms with Crippen molar-refractivity contribution in [1.29, 1.82) is 0 Å². The molecular formula is C10H13ClN2S. The predicted molar refractivity (Wildman–Crippen MR) is 64.9 cm³/mol. The maximum Gasteiger partial charge on any atom is 0.154 e. The Morgan fingerprint density at radius 1 is 1.43 bits per heavy atom. The number of nitrogens with two attached hydrogens (primary N) is 1. The molecule has 76 valence electrons. The number of rotatable bonds is 3. The summed E-state index contributed by atoms with van der Waals surface area (Å²) >= 11 is 7.31. The zero-order valence-corrected chi connectivity index (χ0v) is 9.61. The fourth-order valence-corrected chi connectivity index (χ4v) is 1.79. The van der Waals surface area contributed by atoms with E-state index in [9.17, 15) is 0 Å². The van der Waals surface area contributed by atoms with Gasteiger partial charge in [-0.2, -0.15) is 0 Å². The van der Waals surface area contributed by atoms with Gasteiger partial charge < -0.3 is 5.73 Å². The van der Waals surface area contributed by atoms with Crippen molar-refractivity contribution < 1.29 is 0 Å². The first kappa shape index (κ1) is 11.4. The Morgan fingerprint density at radius 2 is 2.07 bits per heavy atom. The molecule has 2 nitrogen and oxygen atoms in total. The first-order valence-corrected chi connectivity index (χ1v) is 5.76. The third kappa shape index (κ3) is 4.03. The SMILES string of the molecule is CCN=C(N)SCc1ccc(Cl)cc1. The van der Waals surface area contributed by atoms with Crippen LogP contribution in [0.3, 0.4) is 0 Å². The largest absolute Gasteiger partial charge is 0.379 e. The third-order valence-electron chi connectivity index (χ3n) is 1.61. The summed E-state index contributed by atoms with van der Waals surface area (Å²) in [6, 6.07) is 7.75. The first-order chi connectivity index (χ1) is 6.72. The Balaban J connectivity index is 2.46. The van der Waals surface area contributed by atoms with Crippen LogP contribution in [0.5, 0.6) is 0 Å². The number of nitrogens with zero attached hydrogens (tertiary/aromatic N) is 1. The van der Waals surface area contributed by atoms with Crippen molar-refractivity contribution in [2.75, 3.05) is 6.54 Å². The molecular weight excluding hydrogens is 216 g/mol. The molecule has 0 saturated heterocycles. The molecule has 0 aromatic heterocycles.